The minimum atomic E-state index is -3.31. The summed E-state index contributed by atoms with van der Waals surface area (Å²) in [5, 5.41) is 5.60. The first-order valence-electron chi connectivity index (χ1n) is 8.96. The third-order valence-electron chi connectivity index (χ3n) is 3.72. The van der Waals surface area contributed by atoms with Crippen molar-refractivity contribution in [1.82, 2.24) is 25.2 Å². The van der Waals surface area contributed by atoms with Gasteiger partial charge in [-0.1, -0.05) is 0 Å². The Bertz CT molecular complexity index is 944. The molecule has 10 nitrogen and oxygen atoms in total. The van der Waals surface area contributed by atoms with Crippen molar-refractivity contribution < 1.29 is 16.8 Å². The van der Waals surface area contributed by atoms with Gasteiger partial charge in [-0.05, 0) is 32.6 Å². The Kier molecular flexibility index (Phi) is 10.2. The van der Waals surface area contributed by atoms with Crippen LogP contribution in [-0.2, 0) is 32.7 Å². The van der Waals surface area contributed by atoms with Crippen LogP contribution in [0.4, 0.5) is 5.82 Å². The molecule has 0 amide bonds. The fraction of sp³-hybridized carbons (Fsp3) is 0.529. The standard InChI is InChI=1S/C10H18N2O2S.C7H12N4O2S/c1-9-6-10(12(3)7-9)8-15(13,14)5-4-11-2;1-8-4-5-14(12,13)11-7-6-9-2-3-10-7/h6-7,11H,4-5,8H2,1-3H3;2-3,6,8H,4-5H2,1H3,(H,10,11). The molecule has 0 aliphatic carbocycles. The molecule has 0 spiro atoms. The number of nitrogens with zero attached hydrogens (tertiary/aromatic N) is 3. The third-order valence-corrected chi connectivity index (χ3v) is 6.54. The van der Waals surface area contributed by atoms with E-state index in [1.165, 1.54) is 18.6 Å². The molecule has 2 aromatic rings. The average Bonchev–Trinajstić information content (AvgIpc) is 2.96. The monoisotopic (exact) mass is 446 g/mol. The molecule has 0 saturated heterocycles. The summed E-state index contributed by atoms with van der Waals surface area (Å²) in [4.78, 5) is 7.54. The zero-order valence-corrected chi connectivity index (χ0v) is 18.8. The second kappa shape index (κ2) is 11.9. The highest BCUT2D eigenvalue weighted by Gasteiger charge is 2.13. The molecule has 0 radical (unpaired) electrons. The molecule has 12 heteroatoms. The van der Waals surface area contributed by atoms with E-state index < -0.39 is 19.9 Å². The number of rotatable bonds is 10. The lowest BCUT2D eigenvalue weighted by molar-refractivity contribution is 0.590. The molecule has 0 bridgehead atoms. The Morgan fingerprint density at radius 2 is 1.69 bits per heavy atom. The summed E-state index contributed by atoms with van der Waals surface area (Å²) in [6, 6.07) is 1.91. The van der Waals surface area contributed by atoms with Crippen molar-refractivity contribution in [2.45, 2.75) is 12.7 Å². The molecule has 0 saturated carbocycles. The molecule has 0 atom stereocenters. The highest BCUT2D eigenvalue weighted by atomic mass is 32.2. The van der Waals surface area contributed by atoms with Crippen LogP contribution in [0.1, 0.15) is 11.3 Å². The molecule has 2 rings (SSSR count). The lowest BCUT2D eigenvalue weighted by atomic mass is 10.3. The van der Waals surface area contributed by atoms with Gasteiger partial charge in [0.2, 0.25) is 10.0 Å². The number of hydrogen-bond acceptors (Lipinski definition) is 8. The van der Waals surface area contributed by atoms with Gasteiger partial charge in [-0.3, -0.25) is 9.71 Å². The topological polar surface area (TPSA) is 135 Å². The van der Waals surface area contributed by atoms with Gasteiger partial charge in [0, 0.05) is 44.4 Å². The van der Waals surface area contributed by atoms with Crippen molar-refractivity contribution in [2.75, 3.05) is 43.4 Å². The predicted molar refractivity (Wildman–Crippen MR) is 115 cm³/mol. The summed E-state index contributed by atoms with van der Waals surface area (Å²) < 4.78 is 50.2. The van der Waals surface area contributed by atoms with Crippen LogP contribution in [-0.4, -0.2) is 70.1 Å². The van der Waals surface area contributed by atoms with Crippen molar-refractivity contribution in [2.24, 2.45) is 7.05 Å². The van der Waals surface area contributed by atoms with Gasteiger partial charge < -0.3 is 15.2 Å². The zero-order valence-electron chi connectivity index (χ0n) is 17.2. The molecule has 0 fully saturated rings. The van der Waals surface area contributed by atoms with E-state index in [4.69, 9.17) is 0 Å². The van der Waals surface area contributed by atoms with Crippen LogP contribution in [0.2, 0.25) is 0 Å². The summed E-state index contributed by atoms with van der Waals surface area (Å²) >= 11 is 0. The van der Waals surface area contributed by atoms with Gasteiger partial charge in [0.05, 0.1) is 23.5 Å². The van der Waals surface area contributed by atoms with Crippen LogP contribution in [0, 0.1) is 6.92 Å². The van der Waals surface area contributed by atoms with Crippen LogP contribution in [0.15, 0.2) is 30.9 Å². The Morgan fingerprint density at radius 3 is 2.21 bits per heavy atom. The lowest BCUT2D eigenvalue weighted by Gasteiger charge is -2.05. The lowest BCUT2D eigenvalue weighted by Crippen LogP contribution is -2.24. The van der Waals surface area contributed by atoms with Crippen LogP contribution < -0.4 is 15.4 Å². The number of nitrogens with one attached hydrogen (secondary N) is 3. The maximum absolute atomic E-state index is 11.7. The number of hydrogen-bond donors (Lipinski definition) is 3. The SMILES string of the molecule is CNCCS(=O)(=O)Cc1cc(C)cn1C.CNCCS(=O)(=O)Nc1cnccn1. The second-order valence-electron chi connectivity index (χ2n) is 6.43. The number of sulfone groups is 1. The Labute approximate surface area is 173 Å². The maximum atomic E-state index is 11.7. The maximum Gasteiger partial charge on any atom is 0.235 e. The Morgan fingerprint density at radius 1 is 1.03 bits per heavy atom. The van der Waals surface area contributed by atoms with E-state index in [9.17, 15) is 16.8 Å². The molecule has 0 aliphatic rings. The van der Waals surface area contributed by atoms with Gasteiger partial charge in [-0.25, -0.2) is 21.8 Å². The average molecular weight is 447 g/mol. The molecule has 29 heavy (non-hydrogen) atoms. The first-order valence-corrected chi connectivity index (χ1v) is 12.4. The molecule has 2 heterocycles. The van der Waals surface area contributed by atoms with Gasteiger partial charge in [-0.2, -0.15) is 0 Å². The first kappa shape index (κ1) is 25.0. The number of sulfonamides is 1. The molecule has 0 unspecified atom stereocenters. The summed E-state index contributed by atoms with van der Waals surface area (Å²) in [5.74, 6) is 0.566. The first-order chi connectivity index (χ1) is 13.6. The smallest absolute Gasteiger partial charge is 0.235 e. The summed E-state index contributed by atoms with van der Waals surface area (Å²) in [6.07, 6.45) is 6.20. The van der Waals surface area contributed by atoms with E-state index in [1.807, 2.05) is 30.8 Å². The minimum absolute atomic E-state index is 0.0140. The van der Waals surface area contributed by atoms with Crippen molar-refractivity contribution >= 4 is 25.7 Å². The van der Waals surface area contributed by atoms with Crippen molar-refractivity contribution in [3.63, 3.8) is 0 Å². The van der Waals surface area contributed by atoms with Gasteiger partial charge in [0.15, 0.2) is 15.7 Å². The number of aromatic nitrogens is 3. The summed E-state index contributed by atoms with van der Waals surface area (Å²) in [6.45, 7) is 2.87. The fourth-order valence-corrected chi connectivity index (χ4v) is 4.68. The van der Waals surface area contributed by atoms with E-state index in [1.54, 1.807) is 14.1 Å². The minimum Gasteiger partial charge on any atom is -0.353 e. The summed E-state index contributed by atoms with van der Waals surface area (Å²) in [5.41, 5.74) is 1.94. The van der Waals surface area contributed by atoms with Crippen LogP contribution in [0.25, 0.3) is 0 Å². The Balaban J connectivity index is 0.000000291. The van der Waals surface area contributed by atoms with Crippen molar-refractivity contribution in [3.05, 3.63) is 42.1 Å². The molecule has 164 valence electrons. The van der Waals surface area contributed by atoms with E-state index in [-0.39, 0.29) is 23.1 Å². The van der Waals surface area contributed by atoms with Crippen molar-refractivity contribution in [3.8, 4) is 0 Å². The molecule has 2 aromatic heterocycles. The van der Waals surface area contributed by atoms with Gasteiger partial charge >= 0.3 is 0 Å². The highest BCUT2D eigenvalue weighted by molar-refractivity contribution is 7.92. The van der Waals surface area contributed by atoms with Crippen LogP contribution in [0.3, 0.4) is 0 Å². The molecular weight excluding hydrogens is 416 g/mol. The summed E-state index contributed by atoms with van der Waals surface area (Å²) in [7, 11) is -0.986. The number of anilines is 1. The zero-order chi connectivity index (χ0) is 21.9. The third kappa shape index (κ3) is 10.4. The number of aryl methyl sites for hydroxylation is 2. The highest BCUT2D eigenvalue weighted by Crippen LogP contribution is 2.10. The second-order valence-corrected chi connectivity index (χ2v) is 10.5. The van der Waals surface area contributed by atoms with E-state index in [2.05, 4.69) is 25.3 Å². The van der Waals surface area contributed by atoms with Gasteiger partial charge in [0.1, 0.15) is 0 Å². The van der Waals surface area contributed by atoms with Crippen LogP contribution in [0.5, 0.6) is 0 Å². The molecule has 3 N–H and O–H groups in total. The van der Waals surface area contributed by atoms with E-state index >= 15 is 0 Å². The Hall–Kier alpha value is -2.02. The quantitative estimate of drug-likeness (QED) is 0.461. The van der Waals surface area contributed by atoms with Gasteiger partial charge in [0.25, 0.3) is 0 Å². The predicted octanol–water partition coefficient (Wildman–Crippen LogP) is -0.0946. The normalized spacial score (nSPS) is 11.6. The molecule has 0 aromatic carbocycles. The van der Waals surface area contributed by atoms with Crippen LogP contribution >= 0.6 is 0 Å². The van der Waals surface area contributed by atoms with E-state index in [0.29, 0.717) is 13.1 Å². The fourth-order valence-electron chi connectivity index (χ4n) is 2.29. The van der Waals surface area contributed by atoms with Gasteiger partial charge in [-0.15, -0.1) is 0 Å². The molecular formula is C17H30N6O4S2. The molecule has 0 aliphatic heterocycles. The largest absolute Gasteiger partial charge is 0.353 e. The van der Waals surface area contributed by atoms with E-state index in [0.717, 1.165) is 11.3 Å². The van der Waals surface area contributed by atoms with Crippen molar-refractivity contribution in [1.29, 1.82) is 0 Å².